The number of anilines is 1. The first-order valence-electron chi connectivity index (χ1n) is 6.03. The molecule has 1 aromatic carbocycles. The first-order chi connectivity index (χ1) is 8.70. The Morgan fingerprint density at radius 3 is 2.94 bits per heavy atom. The molecule has 3 N–H and O–H groups in total. The second-order valence-electron chi connectivity index (χ2n) is 4.53. The highest BCUT2D eigenvalue weighted by Crippen LogP contribution is 2.23. The quantitative estimate of drug-likeness (QED) is 0.869. The lowest BCUT2D eigenvalue weighted by molar-refractivity contribution is 0.250. The van der Waals surface area contributed by atoms with Gasteiger partial charge >= 0.3 is 0 Å². The van der Waals surface area contributed by atoms with E-state index >= 15 is 0 Å². The highest BCUT2D eigenvalue weighted by molar-refractivity contribution is 7.98. The van der Waals surface area contributed by atoms with Crippen LogP contribution >= 0.6 is 11.8 Å². The zero-order valence-corrected chi connectivity index (χ0v) is 11.3. The van der Waals surface area contributed by atoms with Gasteiger partial charge in [0.25, 0.3) is 0 Å². The number of aliphatic hydroxyl groups excluding tert-OH is 1. The average molecular weight is 262 g/mol. The van der Waals surface area contributed by atoms with Crippen molar-refractivity contribution in [2.24, 2.45) is 5.92 Å². The fourth-order valence-corrected chi connectivity index (χ4v) is 2.79. The molecule has 0 aliphatic rings. The maximum absolute atomic E-state index is 8.98. The summed E-state index contributed by atoms with van der Waals surface area (Å²) in [5, 5.41) is 10.1. The monoisotopic (exact) mass is 262 g/mol. The maximum Gasteiger partial charge on any atom is 0.128 e. The average Bonchev–Trinajstić information content (AvgIpc) is 2.39. The molecule has 0 bridgehead atoms. The van der Waals surface area contributed by atoms with Crippen molar-refractivity contribution < 1.29 is 5.11 Å². The number of hydrogen-bond donors (Lipinski definition) is 2. The van der Waals surface area contributed by atoms with E-state index in [1.54, 1.807) is 11.8 Å². The smallest absolute Gasteiger partial charge is 0.128 e. The number of nitrogens with two attached hydrogens (primary N) is 1. The van der Waals surface area contributed by atoms with Crippen molar-refractivity contribution in [2.45, 2.75) is 12.7 Å². The molecule has 0 amide bonds. The Morgan fingerprint density at radius 2 is 2.17 bits per heavy atom. The Labute approximate surface area is 111 Å². The maximum atomic E-state index is 8.98. The Bertz CT molecular complexity index is 530. The van der Waals surface area contributed by atoms with Crippen LogP contribution in [-0.4, -0.2) is 22.5 Å². The summed E-state index contributed by atoms with van der Waals surface area (Å²) in [6.45, 7) is 2.27. The van der Waals surface area contributed by atoms with Crippen LogP contribution in [0, 0.1) is 5.92 Å². The van der Waals surface area contributed by atoms with E-state index in [1.807, 2.05) is 31.2 Å². The summed E-state index contributed by atoms with van der Waals surface area (Å²) in [6.07, 6.45) is 0. The minimum atomic E-state index is 0.235. The molecule has 0 fully saturated rings. The number of aromatic nitrogens is 1. The Morgan fingerprint density at radius 1 is 1.39 bits per heavy atom. The number of hydrogen-bond acceptors (Lipinski definition) is 4. The fourth-order valence-electron chi connectivity index (χ4n) is 1.71. The van der Waals surface area contributed by atoms with Crippen molar-refractivity contribution in [3.63, 3.8) is 0 Å². The van der Waals surface area contributed by atoms with Crippen LogP contribution in [0.2, 0.25) is 0 Å². The Hall–Kier alpha value is -1.26. The van der Waals surface area contributed by atoms with Crippen LogP contribution < -0.4 is 5.73 Å². The summed E-state index contributed by atoms with van der Waals surface area (Å²) in [5.41, 5.74) is 7.97. The number of aliphatic hydroxyl groups is 1. The lowest BCUT2D eigenvalue weighted by Crippen LogP contribution is -2.04. The largest absolute Gasteiger partial charge is 0.396 e. The van der Waals surface area contributed by atoms with E-state index in [0.717, 1.165) is 28.0 Å². The van der Waals surface area contributed by atoms with Gasteiger partial charge in [0.2, 0.25) is 0 Å². The van der Waals surface area contributed by atoms with Gasteiger partial charge < -0.3 is 10.8 Å². The summed E-state index contributed by atoms with van der Waals surface area (Å²) in [5.74, 6) is 2.71. The van der Waals surface area contributed by atoms with Crippen molar-refractivity contribution in [3.05, 3.63) is 35.9 Å². The molecule has 3 nitrogen and oxygen atoms in total. The summed E-state index contributed by atoms with van der Waals surface area (Å²) in [6, 6.07) is 10.1. The number of nitrogens with zero attached hydrogens (tertiary/aromatic N) is 1. The highest BCUT2D eigenvalue weighted by Gasteiger charge is 2.05. The van der Waals surface area contributed by atoms with Crippen molar-refractivity contribution in [1.29, 1.82) is 0 Å². The topological polar surface area (TPSA) is 59.1 Å². The normalized spacial score (nSPS) is 12.8. The van der Waals surface area contributed by atoms with Gasteiger partial charge in [-0.1, -0.05) is 25.1 Å². The summed E-state index contributed by atoms with van der Waals surface area (Å²) < 4.78 is 0. The van der Waals surface area contributed by atoms with Gasteiger partial charge in [-0.15, -0.1) is 0 Å². The lowest BCUT2D eigenvalue weighted by Gasteiger charge is -2.09. The van der Waals surface area contributed by atoms with Gasteiger partial charge in [0, 0.05) is 23.3 Å². The van der Waals surface area contributed by atoms with Crippen molar-refractivity contribution in [1.82, 2.24) is 4.98 Å². The zero-order valence-electron chi connectivity index (χ0n) is 10.5. The van der Waals surface area contributed by atoms with Crippen LogP contribution in [0.5, 0.6) is 0 Å². The molecule has 0 saturated carbocycles. The van der Waals surface area contributed by atoms with E-state index < -0.39 is 0 Å². The molecule has 0 radical (unpaired) electrons. The molecule has 0 spiro atoms. The van der Waals surface area contributed by atoms with Crippen molar-refractivity contribution in [3.8, 4) is 0 Å². The van der Waals surface area contributed by atoms with Crippen LogP contribution in [-0.2, 0) is 5.75 Å². The second-order valence-corrected chi connectivity index (χ2v) is 5.56. The van der Waals surface area contributed by atoms with E-state index in [0.29, 0.717) is 11.7 Å². The third kappa shape index (κ3) is 3.15. The van der Waals surface area contributed by atoms with Crippen molar-refractivity contribution >= 4 is 28.5 Å². The van der Waals surface area contributed by atoms with E-state index in [-0.39, 0.29) is 6.61 Å². The SMILES string of the molecule is CC(CO)CSCc1cc2ccccc2nc1N. The molecular formula is C14H18N2OS. The van der Waals surface area contributed by atoms with E-state index in [4.69, 9.17) is 10.8 Å². The van der Waals surface area contributed by atoms with Crippen molar-refractivity contribution in [2.75, 3.05) is 18.1 Å². The standard InChI is InChI=1S/C14H18N2OS/c1-10(7-17)8-18-9-12-6-11-4-2-3-5-13(11)16-14(12)15/h2-6,10,17H,7-9H2,1H3,(H2,15,16). The predicted molar refractivity (Wildman–Crippen MR) is 78.6 cm³/mol. The molecule has 0 saturated heterocycles. The zero-order chi connectivity index (χ0) is 13.0. The second kappa shape index (κ2) is 6.07. The summed E-state index contributed by atoms with van der Waals surface area (Å²) >= 11 is 1.78. The Kier molecular flexibility index (Phi) is 4.44. The van der Waals surface area contributed by atoms with E-state index in [1.165, 1.54) is 0 Å². The number of thioether (sulfide) groups is 1. The van der Waals surface area contributed by atoms with Crippen LogP contribution in [0.4, 0.5) is 5.82 Å². The molecule has 18 heavy (non-hydrogen) atoms. The van der Waals surface area contributed by atoms with Crippen LogP contribution in [0.3, 0.4) is 0 Å². The van der Waals surface area contributed by atoms with Gasteiger partial charge in [0.1, 0.15) is 5.82 Å². The van der Waals surface area contributed by atoms with Gasteiger partial charge in [-0.25, -0.2) is 4.98 Å². The molecule has 4 heteroatoms. The van der Waals surface area contributed by atoms with Crippen LogP contribution in [0.15, 0.2) is 30.3 Å². The first kappa shape index (κ1) is 13.2. The third-order valence-electron chi connectivity index (χ3n) is 2.81. The first-order valence-corrected chi connectivity index (χ1v) is 7.19. The molecule has 1 atom stereocenters. The predicted octanol–water partition coefficient (Wildman–Crippen LogP) is 2.68. The number of fused-ring (bicyclic) bond motifs is 1. The van der Waals surface area contributed by atoms with E-state index in [9.17, 15) is 0 Å². The number of rotatable bonds is 5. The van der Waals surface area contributed by atoms with Gasteiger partial charge in [0.05, 0.1) is 5.52 Å². The molecule has 1 aromatic heterocycles. The number of pyridine rings is 1. The molecule has 0 aliphatic carbocycles. The molecule has 1 unspecified atom stereocenters. The molecular weight excluding hydrogens is 244 g/mol. The van der Waals surface area contributed by atoms with Crippen LogP contribution in [0.1, 0.15) is 12.5 Å². The molecule has 1 heterocycles. The number of nitrogen functional groups attached to an aromatic ring is 1. The molecule has 0 aliphatic heterocycles. The molecule has 2 aromatic rings. The highest BCUT2D eigenvalue weighted by atomic mass is 32.2. The number of para-hydroxylation sites is 1. The fraction of sp³-hybridized carbons (Fsp3) is 0.357. The minimum Gasteiger partial charge on any atom is -0.396 e. The third-order valence-corrected chi connectivity index (χ3v) is 4.13. The summed E-state index contributed by atoms with van der Waals surface area (Å²) in [4.78, 5) is 4.41. The molecule has 2 rings (SSSR count). The Balaban J connectivity index is 2.10. The lowest BCUT2D eigenvalue weighted by atomic mass is 10.1. The van der Waals surface area contributed by atoms with Crippen LogP contribution in [0.25, 0.3) is 10.9 Å². The number of benzene rings is 1. The van der Waals surface area contributed by atoms with Gasteiger partial charge in [-0.2, -0.15) is 11.8 Å². The van der Waals surface area contributed by atoms with Gasteiger partial charge in [-0.05, 0) is 23.8 Å². The summed E-state index contributed by atoms with van der Waals surface area (Å²) in [7, 11) is 0. The van der Waals surface area contributed by atoms with Gasteiger partial charge in [0.15, 0.2) is 0 Å². The van der Waals surface area contributed by atoms with E-state index in [2.05, 4.69) is 11.1 Å². The minimum absolute atomic E-state index is 0.235. The molecule has 96 valence electrons. The van der Waals surface area contributed by atoms with Gasteiger partial charge in [-0.3, -0.25) is 0 Å².